The third kappa shape index (κ3) is 6.65. The predicted octanol–water partition coefficient (Wildman–Crippen LogP) is 0.662. The molecule has 2 atom stereocenters. The molecule has 0 heterocycles. The predicted molar refractivity (Wildman–Crippen MR) is 40.3 cm³/mol. The fourth-order valence-corrected chi connectivity index (χ4v) is 0.929. The summed E-state index contributed by atoms with van der Waals surface area (Å²) in [5.41, 5.74) is 5.38. The minimum absolute atomic E-state index is 0.117. The van der Waals surface area contributed by atoms with E-state index in [9.17, 15) is 0 Å². The van der Waals surface area contributed by atoms with Gasteiger partial charge >= 0.3 is 0 Å². The van der Waals surface area contributed by atoms with Crippen molar-refractivity contribution in [1.82, 2.24) is 5.32 Å². The molecule has 0 aliphatic carbocycles. The second kappa shape index (κ2) is 3.63. The highest BCUT2D eigenvalue weighted by molar-refractivity contribution is 14.1. The maximum absolute atomic E-state index is 5.38. The molecule has 44 valence electrons. The van der Waals surface area contributed by atoms with Gasteiger partial charge in [0, 0.05) is 0 Å². The largest absolute Gasteiger partial charge is 0.316 e. The Labute approximate surface area is 58.0 Å². The molecule has 0 spiro atoms. The van der Waals surface area contributed by atoms with Gasteiger partial charge < -0.3 is 5.73 Å². The molecule has 0 aliphatic rings. The van der Waals surface area contributed by atoms with Crippen LogP contribution in [0.4, 0.5) is 0 Å². The molecule has 0 saturated heterocycles. The van der Waals surface area contributed by atoms with Gasteiger partial charge in [-0.3, -0.25) is 5.32 Å². The van der Waals surface area contributed by atoms with Crippen molar-refractivity contribution in [3.8, 4) is 0 Å². The second-order valence-corrected chi connectivity index (χ2v) is 3.44. The summed E-state index contributed by atoms with van der Waals surface area (Å²) in [6, 6.07) is 0. The molecule has 0 rings (SSSR count). The van der Waals surface area contributed by atoms with Gasteiger partial charge in [-0.15, -0.1) is 0 Å². The lowest BCUT2D eigenvalue weighted by molar-refractivity contribution is 0.576. The number of rotatable bonds is 2. The summed E-state index contributed by atoms with van der Waals surface area (Å²) in [6.07, 6.45) is 0.117. The van der Waals surface area contributed by atoms with Crippen LogP contribution in [0.5, 0.6) is 0 Å². The molecule has 0 aromatic carbocycles. The zero-order valence-electron chi connectivity index (χ0n) is 4.61. The molecule has 0 radical (unpaired) electrons. The van der Waals surface area contributed by atoms with E-state index in [1.165, 1.54) is 0 Å². The van der Waals surface area contributed by atoms with Gasteiger partial charge in [0.15, 0.2) is 0 Å². The summed E-state index contributed by atoms with van der Waals surface area (Å²) in [7, 11) is 0. The van der Waals surface area contributed by atoms with Crippen LogP contribution in [-0.2, 0) is 0 Å². The molecule has 0 aromatic heterocycles. The monoisotopic (exact) mass is 214 g/mol. The van der Waals surface area contributed by atoms with Gasteiger partial charge in [-0.25, -0.2) is 0 Å². The van der Waals surface area contributed by atoms with Gasteiger partial charge in [0.1, 0.15) is 0 Å². The molecule has 3 N–H and O–H groups in total. The first-order valence-corrected chi connectivity index (χ1v) is 3.53. The van der Waals surface area contributed by atoms with Crippen LogP contribution in [0, 0.1) is 0 Å². The Morgan fingerprint density at radius 2 is 2.00 bits per heavy atom. The average Bonchev–Trinajstić information content (AvgIpc) is 1.27. The van der Waals surface area contributed by atoms with Crippen molar-refractivity contribution < 1.29 is 0 Å². The summed E-state index contributed by atoms with van der Waals surface area (Å²) in [6.45, 7) is 3.99. The SMILES string of the molecule is CC(N)NC(C)I. The number of nitrogens with two attached hydrogens (primary N) is 1. The topological polar surface area (TPSA) is 38.0 Å². The highest BCUT2D eigenvalue weighted by Crippen LogP contribution is 1.91. The average molecular weight is 214 g/mol. The van der Waals surface area contributed by atoms with Crippen molar-refractivity contribution in [2.24, 2.45) is 5.73 Å². The van der Waals surface area contributed by atoms with E-state index in [4.69, 9.17) is 5.73 Å². The first-order valence-electron chi connectivity index (χ1n) is 2.28. The summed E-state index contributed by atoms with van der Waals surface area (Å²) in [4.78, 5) is 0. The Morgan fingerprint density at radius 3 is 2.00 bits per heavy atom. The fraction of sp³-hybridized carbons (Fsp3) is 1.00. The van der Waals surface area contributed by atoms with Crippen LogP contribution in [-0.4, -0.2) is 10.2 Å². The second-order valence-electron chi connectivity index (χ2n) is 1.57. The van der Waals surface area contributed by atoms with Crippen LogP contribution in [0.1, 0.15) is 13.8 Å². The highest BCUT2D eigenvalue weighted by Gasteiger charge is 1.94. The molecule has 3 heteroatoms. The Morgan fingerprint density at radius 1 is 1.57 bits per heavy atom. The zero-order chi connectivity index (χ0) is 5.86. The molecule has 0 saturated carbocycles. The maximum atomic E-state index is 5.38. The van der Waals surface area contributed by atoms with E-state index < -0.39 is 0 Å². The maximum Gasteiger partial charge on any atom is 0.0576 e. The number of nitrogens with one attached hydrogen (secondary N) is 1. The van der Waals surface area contributed by atoms with E-state index in [2.05, 4.69) is 34.8 Å². The standard InChI is InChI=1S/C4H11IN2/c1-3(5)7-4(2)6/h3-4,7H,6H2,1-2H3. The Kier molecular flexibility index (Phi) is 3.96. The van der Waals surface area contributed by atoms with Crippen LogP contribution < -0.4 is 11.1 Å². The van der Waals surface area contributed by atoms with Crippen LogP contribution in [0.3, 0.4) is 0 Å². The van der Waals surface area contributed by atoms with Crippen LogP contribution in [0.2, 0.25) is 0 Å². The van der Waals surface area contributed by atoms with Crippen molar-refractivity contribution in [2.45, 2.75) is 24.1 Å². The van der Waals surface area contributed by atoms with E-state index in [0.29, 0.717) is 4.05 Å². The number of alkyl halides is 1. The first-order chi connectivity index (χ1) is 3.13. The zero-order valence-corrected chi connectivity index (χ0v) is 6.77. The van der Waals surface area contributed by atoms with Crippen molar-refractivity contribution in [3.05, 3.63) is 0 Å². The Balaban J connectivity index is 2.95. The van der Waals surface area contributed by atoms with Crippen LogP contribution >= 0.6 is 22.6 Å². The molecule has 0 fully saturated rings. The first kappa shape index (κ1) is 7.65. The molecule has 2 unspecified atom stereocenters. The lowest BCUT2D eigenvalue weighted by atomic mass is 10.6. The summed E-state index contributed by atoms with van der Waals surface area (Å²) in [5.74, 6) is 0. The third-order valence-corrected chi connectivity index (χ3v) is 0.852. The number of halogens is 1. The summed E-state index contributed by atoms with van der Waals surface area (Å²) in [5, 5.41) is 3.07. The van der Waals surface area contributed by atoms with E-state index in [-0.39, 0.29) is 6.17 Å². The molecule has 0 aromatic rings. The Hall–Kier alpha value is 0.650. The molecule has 0 bridgehead atoms. The van der Waals surface area contributed by atoms with Crippen molar-refractivity contribution in [3.63, 3.8) is 0 Å². The molecule has 0 aliphatic heterocycles. The fourth-order valence-electron chi connectivity index (χ4n) is 0.362. The van der Waals surface area contributed by atoms with Gasteiger partial charge in [-0.2, -0.15) is 0 Å². The minimum Gasteiger partial charge on any atom is -0.316 e. The van der Waals surface area contributed by atoms with E-state index in [1.807, 2.05) is 6.92 Å². The van der Waals surface area contributed by atoms with Gasteiger partial charge in [-0.05, 0) is 13.8 Å². The van der Waals surface area contributed by atoms with Gasteiger partial charge in [0.2, 0.25) is 0 Å². The molecule has 7 heavy (non-hydrogen) atoms. The quantitative estimate of drug-likeness (QED) is 0.306. The normalized spacial score (nSPS) is 18.9. The van der Waals surface area contributed by atoms with E-state index >= 15 is 0 Å². The van der Waals surface area contributed by atoms with Crippen molar-refractivity contribution in [1.29, 1.82) is 0 Å². The summed E-state index contributed by atoms with van der Waals surface area (Å²) >= 11 is 2.27. The molecule has 0 amide bonds. The molecular weight excluding hydrogens is 203 g/mol. The highest BCUT2D eigenvalue weighted by atomic mass is 127. The van der Waals surface area contributed by atoms with Crippen molar-refractivity contribution in [2.75, 3.05) is 0 Å². The van der Waals surface area contributed by atoms with Gasteiger partial charge in [0.25, 0.3) is 0 Å². The lowest BCUT2D eigenvalue weighted by Crippen LogP contribution is -2.37. The molecule has 2 nitrogen and oxygen atoms in total. The summed E-state index contributed by atoms with van der Waals surface area (Å²) < 4.78 is 0.470. The molecular formula is C4H11IN2. The minimum atomic E-state index is 0.117. The number of hydrogen-bond acceptors (Lipinski definition) is 2. The van der Waals surface area contributed by atoms with Crippen LogP contribution in [0.25, 0.3) is 0 Å². The smallest absolute Gasteiger partial charge is 0.0576 e. The van der Waals surface area contributed by atoms with Gasteiger partial charge in [-0.1, -0.05) is 22.6 Å². The van der Waals surface area contributed by atoms with E-state index in [1.54, 1.807) is 0 Å². The Bertz CT molecular complexity index is 39.0. The van der Waals surface area contributed by atoms with Crippen molar-refractivity contribution >= 4 is 22.6 Å². The third-order valence-electron chi connectivity index (χ3n) is 0.493. The number of hydrogen-bond donors (Lipinski definition) is 2. The lowest BCUT2D eigenvalue weighted by Gasteiger charge is -2.08. The van der Waals surface area contributed by atoms with Gasteiger partial charge in [0.05, 0.1) is 10.2 Å². The van der Waals surface area contributed by atoms with Crippen LogP contribution in [0.15, 0.2) is 0 Å². The van der Waals surface area contributed by atoms with E-state index in [0.717, 1.165) is 0 Å².